The summed E-state index contributed by atoms with van der Waals surface area (Å²) in [7, 11) is -3.78. The maximum absolute atomic E-state index is 11.8. The van der Waals surface area contributed by atoms with Gasteiger partial charge in [-0.25, -0.2) is 13.1 Å². The number of aromatic nitrogens is 2. The number of sulfonamides is 1. The monoisotopic (exact) mass is 277 g/mol. The quantitative estimate of drug-likeness (QED) is 0.588. The number of carbonyl (C=O) groups is 1. The Morgan fingerprint density at radius 1 is 1.61 bits per heavy atom. The van der Waals surface area contributed by atoms with Crippen molar-refractivity contribution >= 4 is 16.0 Å². The molecule has 9 heteroatoms. The fourth-order valence-electron chi connectivity index (χ4n) is 1.25. The zero-order valence-corrected chi connectivity index (χ0v) is 10.6. The van der Waals surface area contributed by atoms with Crippen molar-refractivity contribution in [3.05, 3.63) is 12.4 Å². The molecule has 102 valence electrons. The molecule has 0 saturated heterocycles. The van der Waals surface area contributed by atoms with E-state index in [2.05, 4.69) is 9.82 Å². The van der Waals surface area contributed by atoms with E-state index in [0.29, 0.717) is 6.42 Å². The van der Waals surface area contributed by atoms with Gasteiger partial charge in [-0.15, -0.1) is 0 Å². The highest BCUT2D eigenvalue weighted by Gasteiger charge is 2.20. The molecule has 1 aromatic heterocycles. The SMILES string of the molecule is CCC(CO)NS(=O)(=O)c1cnn(CC(=O)O)c1. The zero-order chi connectivity index (χ0) is 13.8. The van der Waals surface area contributed by atoms with Crippen molar-refractivity contribution in [2.45, 2.75) is 30.8 Å². The van der Waals surface area contributed by atoms with Crippen LogP contribution in [-0.4, -0.2) is 47.0 Å². The molecule has 0 aromatic carbocycles. The van der Waals surface area contributed by atoms with Gasteiger partial charge in [-0.3, -0.25) is 9.48 Å². The Morgan fingerprint density at radius 2 is 2.28 bits per heavy atom. The van der Waals surface area contributed by atoms with Crippen molar-refractivity contribution in [3.8, 4) is 0 Å². The second-order valence-corrected chi connectivity index (χ2v) is 5.39. The second kappa shape index (κ2) is 5.94. The third-order valence-corrected chi connectivity index (χ3v) is 3.73. The van der Waals surface area contributed by atoms with Gasteiger partial charge in [0.25, 0.3) is 0 Å². The molecule has 1 rings (SSSR count). The van der Waals surface area contributed by atoms with Crippen LogP contribution in [0.4, 0.5) is 0 Å². The Hall–Kier alpha value is -1.45. The second-order valence-electron chi connectivity index (χ2n) is 3.68. The molecular weight excluding hydrogens is 262 g/mol. The smallest absolute Gasteiger partial charge is 0.325 e. The van der Waals surface area contributed by atoms with Gasteiger partial charge >= 0.3 is 5.97 Å². The van der Waals surface area contributed by atoms with Crippen LogP contribution in [0.2, 0.25) is 0 Å². The standard InChI is InChI=1S/C9H15N3O5S/c1-2-7(6-13)11-18(16,17)8-3-10-12(4-8)5-9(14)15/h3-4,7,11,13H,2,5-6H2,1H3,(H,14,15). The molecule has 0 bridgehead atoms. The Balaban J connectivity index is 2.85. The normalized spacial score (nSPS) is 13.4. The van der Waals surface area contributed by atoms with Crippen LogP contribution in [-0.2, 0) is 21.4 Å². The molecule has 1 unspecified atom stereocenters. The average Bonchev–Trinajstić information content (AvgIpc) is 2.74. The van der Waals surface area contributed by atoms with Gasteiger partial charge in [-0.05, 0) is 6.42 Å². The molecule has 0 fully saturated rings. The minimum atomic E-state index is -3.78. The highest BCUT2D eigenvalue weighted by molar-refractivity contribution is 7.89. The first kappa shape index (κ1) is 14.6. The first-order chi connectivity index (χ1) is 8.39. The van der Waals surface area contributed by atoms with Gasteiger partial charge in [-0.2, -0.15) is 5.10 Å². The molecule has 0 aliphatic carbocycles. The van der Waals surface area contributed by atoms with E-state index in [1.807, 2.05) is 0 Å². The van der Waals surface area contributed by atoms with Crippen LogP contribution in [0.25, 0.3) is 0 Å². The number of aliphatic hydroxyl groups excluding tert-OH is 1. The number of nitrogens with zero attached hydrogens (tertiary/aromatic N) is 2. The van der Waals surface area contributed by atoms with Crippen LogP contribution < -0.4 is 4.72 Å². The minimum absolute atomic E-state index is 0.129. The number of hydrogen-bond donors (Lipinski definition) is 3. The van der Waals surface area contributed by atoms with Gasteiger partial charge in [0.15, 0.2) is 0 Å². The van der Waals surface area contributed by atoms with Crippen molar-refractivity contribution in [2.75, 3.05) is 6.61 Å². The topological polar surface area (TPSA) is 122 Å². The van der Waals surface area contributed by atoms with Crippen LogP contribution in [0, 0.1) is 0 Å². The van der Waals surface area contributed by atoms with Crippen LogP contribution in [0.1, 0.15) is 13.3 Å². The Labute approximate surface area is 104 Å². The summed E-state index contributed by atoms with van der Waals surface area (Å²) in [6, 6.07) is -0.571. The molecule has 0 saturated carbocycles. The average molecular weight is 277 g/mol. The van der Waals surface area contributed by atoms with Gasteiger partial charge in [0.05, 0.1) is 12.8 Å². The minimum Gasteiger partial charge on any atom is -0.480 e. The van der Waals surface area contributed by atoms with E-state index >= 15 is 0 Å². The lowest BCUT2D eigenvalue weighted by atomic mass is 10.3. The summed E-state index contributed by atoms with van der Waals surface area (Å²) < 4.78 is 27.0. The summed E-state index contributed by atoms with van der Waals surface area (Å²) in [5.41, 5.74) is 0. The van der Waals surface area contributed by atoms with E-state index in [1.54, 1.807) is 6.92 Å². The zero-order valence-electron chi connectivity index (χ0n) is 9.78. The van der Waals surface area contributed by atoms with E-state index in [9.17, 15) is 13.2 Å². The fraction of sp³-hybridized carbons (Fsp3) is 0.556. The van der Waals surface area contributed by atoms with E-state index < -0.39 is 28.6 Å². The van der Waals surface area contributed by atoms with Crippen LogP contribution >= 0.6 is 0 Å². The van der Waals surface area contributed by atoms with Crippen molar-refractivity contribution < 1.29 is 23.4 Å². The molecule has 0 aliphatic heterocycles. The lowest BCUT2D eigenvalue weighted by molar-refractivity contribution is -0.137. The Kier molecular flexibility index (Phi) is 4.82. The predicted octanol–water partition coefficient (Wildman–Crippen LogP) is -0.983. The number of carboxylic acids is 1. The van der Waals surface area contributed by atoms with Crippen molar-refractivity contribution in [1.29, 1.82) is 0 Å². The van der Waals surface area contributed by atoms with E-state index in [4.69, 9.17) is 10.2 Å². The van der Waals surface area contributed by atoms with E-state index in [-0.39, 0.29) is 11.5 Å². The van der Waals surface area contributed by atoms with Crippen LogP contribution in [0.5, 0.6) is 0 Å². The van der Waals surface area contributed by atoms with E-state index in [0.717, 1.165) is 17.1 Å². The van der Waals surface area contributed by atoms with Crippen LogP contribution in [0.15, 0.2) is 17.3 Å². The molecule has 8 nitrogen and oxygen atoms in total. The number of aliphatic hydroxyl groups is 1. The summed E-state index contributed by atoms with van der Waals surface area (Å²) in [5, 5.41) is 21.1. The molecule has 1 heterocycles. The van der Waals surface area contributed by atoms with Gasteiger partial charge in [-0.1, -0.05) is 6.92 Å². The number of nitrogens with one attached hydrogen (secondary N) is 1. The molecule has 0 aliphatic rings. The molecule has 0 amide bonds. The molecule has 0 spiro atoms. The van der Waals surface area contributed by atoms with Crippen molar-refractivity contribution in [3.63, 3.8) is 0 Å². The van der Waals surface area contributed by atoms with Gasteiger partial charge < -0.3 is 10.2 Å². The summed E-state index contributed by atoms with van der Waals surface area (Å²) in [6.45, 7) is 1.02. The number of rotatable bonds is 7. The maximum atomic E-state index is 11.8. The molecule has 18 heavy (non-hydrogen) atoms. The van der Waals surface area contributed by atoms with Gasteiger partial charge in [0.1, 0.15) is 11.4 Å². The number of carboxylic acid groups (broad SMARTS) is 1. The number of hydrogen-bond acceptors (Lipinski definition) is 5. The van der Waals surface area contributed by atoms with Gasteiger partial charge in [0.2, 0.25) is 10.0 Å². The highest BCUT2D eigenvalue weighted by Crippen LogP contribution is 2.08. The number of aliphatic carboxylic acids is 1. The highest BCUT2D eigenvalue weighted by atomic mass is 32.2. The first-order valence-electron chi connectivity index (χ1n) is 5.26. The third kappa shape index (κ3) is 3.79. The van der Waals surface area contributed by atoms with E-state index in [1.165, 1.54) is 0 Å². The molecule has 0 radical (unpaired) electrons. The molecule has 1 atom stereocenters. The lowest BCUT2D eigenvalue weighted by Crippen LogP contribution is -2.36. The molecule has 1 aromatic rings. The van der Waals surface area contributed by atoms with Crippen molar-refractivity contribution in [2.24, 2.45) is 0 Å². The van der Waals surface area contributed by atoms with Gasteiger partial charge in [0, 0.05) is 12.2 Å². The third-order valence-electron chi connectivity index (χ3n) is 2.25. The van der Waals surface area contributed by atoms with Crippen LogP contribution in [0.3, 0.4) is 0 Å². The summed E-state index contributed by atoms with van der Waals surface area (Å²) >= 11 is 0. The lowest BCUT2D eigenvalue weighted by Gasteiger charge is -2.12. The summed E-state index contributed by atoms with van der Waals surface area (Å²) in [5.74, 6) is -1.11. The largest absolute Gasteiger partial charge is 0.480 e. The first-order valence-corrected chi connectivity index (χ1v) is 6.74. The van der Waals surface area contributed by atoms with Crippen molar-refractivity contribution in [1.82, 2.24) is 14.5 Å². The molecule has 3 N–H and O–H groups in total. The summed E-state index contributed by atoms with van der Waals surface area (Å²) in [6.07, 6.45) is 2.63. The Morgan fingerprint density at radius 3 is 2.78 bits per heavy atom. The predicted molar refractivity (Wildman–Crippen MR) is 61.3 cm³/mol. The Bertz CT molecular complexity index is 506. The molecular formula is C9H15N3O5S. The summed E-state index contributed by atoms with van der Waals surface area (Å²) in [4.78, 5) is 10.3. The fourth-order valence-corrected chi connectivity index (χ4v) is 2.51. The maximum Gasteiger partial charge on any atom is 0.325 e.